The summed E-state index contributed by atoms with van der Waals surface area (Å²) < 4.78 is 0. The van der Waals surface area contributed by atoms with Crippen LogP contribution in [0.15, 0.2) is 71.5 Å². The average Bonchev–Trinajstić information content (AvgIpc) is 3.56. The summed E-state index contributed by atoms with van der Waals surface area (Å²) in [5.74, 6) is -0.152. The van der Waals surface area contributed by atoms with E-state index < -0.39 is 5.56 Å². The molecule has 8 nitrogen and oxygen atoms in total. The number of hydrogen-bond donors (Lipinski definition) is 3. The summed E-state index contributed by atoms with van der Waals surface area (Å²) >= 11 is 0. The van der Waals surface area contributed by atoms with Crippen molar-refractivity contribution < 1.29 is 9.59 Å². The summed E-state index contributed by atoms with van der Waals surface area (Å²) in [6, 6.07) is 19.3. The quantitative estimate of drug-likeness (QED) is 0.336. The third-order valence-corrected chi connectivity index (χ3v) is 6.71. The van der Waals surface area contributed by atoms with Crippen molar-refractivity contribution in [1.82, 2.24) is 19.9 Å². The Hall–Kier alpha value is -4.72. The molecule has 178 valence electrons. The molecule has 5 aromatic rings. The van der Waals surface area contributed by atoms with E-state index in [0.717, 1.165) is 25.9 Å². The second-order valence-electron chi connectivity index (χ2n) is 9.01. The lowest BCUT2D eigenvalue weighted by molar-refractivity contribution is 0.0792. The van der Waals surface area contributed by atoms with E-state index in [-0.39, 0.29) is 17.4 Å². The minimum atomic E-state index is -0.432. The predicted molar refractivity (Wildman–Crippen MR) is 139 cm³/mol. The van der Waals surface area contributed by atoms with Gasteiger partial charge in [-0.15, -0.1) is 0 Å². The molecule has 1 amide bonds. The van der Waals surface area contributed by atoms with Crippen LogP contribution in [0.3, 0.4) is 0 Å². The Morgan fingerprint density at radius 2 is 1.58 bits per heavy atom. The van der Waals surface area contributed by atoms with Gasteiger partial charge >= 0.3 is 0 Å². The van der Waals surface area contributed by atoms with E-state index in [2.05, 4.69) is 15.0 Å². The van der Waals surface area contributed by atoms with E-state index in [1.807, 2.05) is 11.0 Å². The lowest BCUT2D eigenvalue weighted by atomic mass is 10.0. The van der Waals surface area contributed by atoms with E-state index in [1.54, 1.807) is 60.7 Å². The number of nitrogens with one attached hydrogen (secondary N) is 2. The number of carbonyl (C=O) groups is 2. The fraction of sp³-hybridized carbons (Fsp3) is 0.143. The third kappa shape index (κ3) is 3.63. The number of ketones is 1. The number of rotatable bonds is 4. The number of aromatic amines is 2. The zero-order valence-corrected chi connectivity index (χ0v) is 19.4. The van der Waals surface area contributed by atoms with Crippen LogP contribution in [-0.4, -0.2) is 44.6 Å². The van der Waals surface area contributed by atoms with Crippen LogP contribution in [-0.2, 0) is 0 Å². The van der Waals surface area contributed by atoms with Gasteiger partial charge in [-0.3, -0.25) is 14.4 Å². The van der Waals surface area contributed by atoms with E-state index in [1.165, 1.54) is 0 Å². The normalized spacial score (nSPS) is 13.5. The number of fused-ring (bicyclic) bond motifs is 2. The topological polar surface area (TPSA) is 125 Å². The minimum Gasteiger partial charge on any atom is -0.396 e. The highest BCUT2D eigenvalue weighted by molar-refractivity contribution is 6.10. The molecule has 1 saturated heterocycles. The molecular formula is C28H23N5O3. The van der Waals surface area contributed by atoms with Crippen molar-refractivity contribution in [3.8, 4) is 11.4 Å². The van der Waals surface area contributed by atoms with Gasteiger partial charge in [-0.05, 0) is 49.2 Å². The number of anilines is 1. The second kappa shape index (κ2) is 8.49. The first-order valence-corrected chi connectivity index (χ1v) is 11.8. The number of benzene rings is 3. The number of nitrogens with zero attached hydrogens (tertiary/aromatic N) is 2. The van der Waals surface area contributed by atoms with E-state index in [0.29, 0.717) is 50.0 Å². The fourth-order valence-corrected chi connectivity index (χ4v) is 4.79. The molecule has 0 bridgehead atoms. The van der Waals surface area contributed by atoms with Crippen molar-refractivity contribution in [3.63, 3.8) is 0 Å². The van der Waals surface area contributed by atoms with Gasteiger partial charge in [-0.25, -0.2) is 4.98 Å². The Labute approximate surface area is 205 Å². The molecule has 1 fully saturated rings. The number of nitrogens with two attached hydrogens (primary N) is 1. The SMILES string of the molecule is Nc1c(-c2nc3ccc(C(=O)c4ccccc4)cc3[nH]c2=O)[nH]c2ccc(C(=O)N3CCCC3)cc12. The van der Waals surface area contributed by atoms with E-state index >= 15 is 0 Å². The van der Waals surface area contributed by atoms with E-state index in [4.69, 9.17) is 5.73 Å². The summed E-state index contributed by atoms with van der Waals surface area (Å²) in [5, 5.41) is 0.667. The number of hydrogen-bond acceptors (Lipinski definition) is 5. The first-order chi connectivity index (χ1) is 17.5. The third-order valence-electron chi connectivity index (χ3n) is 6.71. The highest BCUT2D eigenvalue weighted by Crippen LogP contribution is 2.32. The van der Waals surface area contributed by atoms with Crippen molar-refractivity contribution in [3.05, 3.63) is 93.8 Å². The smallest absolute Gasteiger partial charge is 0.276 e. The minimum absolute atomic E-state index is 0.0147. The molecule has 3 heterocycles. The molecule has 0 radical (unpaired) electrons. The highest BCUT2D eigenvalue weighted by Gasteiger charge is 2.22. The summed E-state index contributed by atoms with van der Waals surface area (Å²) in [7, 11) is 0. The molecule has 3 aromatic carbocycles. The van der Waals surface area contributed by atoms with Crippen LogP contribution < -0.4 is 11.3 Å². The van der Waals surface area contributed by atoms with Crippen LogP contribution in [0.1, 0.15) is 39.1 Å². The lowest BCUT2D eigenvalue weighted by Gasteiger charge is -2.15. The van der Waals surface area contributed by atoms with Crippen molar-refractivity contribution in [2.75, 3.05) is 18.8 Å². The summed E-state index contributed by atoms with van der Waals surface area (Å²) in [6.07, 6.45) is 2.03. The first kappa shape index (κ1) is 21.8. The summed E-state index contributed by atoms with van der Waals surface area (Å²) in [6.45, 7) is 1.53. The monoisotopic (exact) mass is 477 g/mol. The maximum absolute atomic E-state index is 13.0. The van der Waals surface area contributed by atoms with Gasteiger partial charge in [0.05, 0.1) is 22.4 Å². The molecule has 0 atom stereocenters. The van der Waals surface area contributed by atoms with Gasteiger partial charge in [0.1, 0.15) is 0 Å². The van der Waals surface area contributed by atoms with Crippen LogP contribution in [0.25, 0.3) is 33.3 Å². The van der Waals surface area contributed by atoms with Gasteiger partial charge in [-0.1, -0.05) is 30.3 Å². The summed E-state index contributed by atoms with van der Waals surface area (Å²) in [5.41, 5.74) is 10.2. The molecule has 1 aliphatic rings. The molecule has 36 heavy (non-hydrogen) atoms. The first-order valence-electron chi connectivity index (χ1n) is 11.8. The molecule has 4 N–H and O–H groups in total. The maximum Gasteiger partial charge on any atom is 0.276 e. The molecule has 0 saturated carbocycles. The van der Waals surface area contributed by atoms with Crippen LogP contribution in [0.5, 0.6) is 0 Å². The Balaban J connectivity index is 1.38. The van der Waals surface area contributed by atoms with Gasteiger partial charge in [0, 0.05) is 40.7 Å². The van der Waals surface area contributed by atoms with Crippen molar-refractivity contribution in [2.24, 2.45) is 0 Å². The predicted octanol–water partition coefficient (Wildman–Crippen LogP) is 4.12. The molecule has 0 unspecified atom stereocenters. The molecule has 2 aromatic heterocycles. The zero-order chi connectivity index (χ0) is 24.8. The molecular weight excluding hydrogens is 454 g/mol. The number of carbonyl (C=O) groups excluding carboxylic acids is 2. The van der Waals surface area contributed by atoms with Crippen LogP contribution in [0.4, 0.5) is 5.69 Å². The number of likely N-dealkylation sites (tertiary alicyclic amines) is 1. The number of H-pyrrole nitrogens is 2. The molecule has 0 aliphatic carbocycles. The van der Waals surface area contributed by atoms with Crippen LogP contribution >= 0.6 is 0 Å². The van der Waals surface area contributed by atoms with Gasteiger partial charge < -0.3 is 20.6 Å². The Kier molecular flexibility index (Phi) is 5.14. The van der Waals surface area contributed by atoms with Crippen molar-refractivity contribution in [2.45, 2.75) is 12.8 Å². The number of nitrogen functional groups attached to an aromatic ring is 1. The van der Waals surface area contributed by atoms with Crippen LogP contribution in [0.2, 0.25) is 0 Å². The number of amides is 1. The Morgan fingerprint density at radius 1 is 0.833 bits per heavy atom. The second-order valence-corrected chi connectivity index (χ2v) is 9.01. The number of aromatic nitrogens is 3. The van der Waals surface area contributed by atoms with Crippen LogP contribution in [0, 0.1) is 0 Å². The van der Waals surface area contributed by atoms with Crippen molar-refractivity contribution in [1.29, 1.82) is 0 Å². The molecule has 8 heteroatoms. The average molecular weight is 478 g/mol. The molecule has 6 rings (SSSR count). The zero-order valence-electron chi connectivity index (χ0n) is 19.4. The molecule has 0 spiro atoms. The van der Waals surface area contributed by atoms with Gasteiger partial charge in [0.25, 0.3) is 11.5 Å². The summed E-state index contributed by atoms with van der Waals surface area (Å²) in [4.78, 5) is 51.1. The largest absolute Gasteiger partial charge is 0.396 e. The van der Waals surface area contributed by atoms with Gasteiger partial charge in [0.15, 0.2) is 11.5 Å². The molecule has 1 aliphatic heterocycles. The Bertz CT molecular complexity index is 1710. The lowest BCUT2D eigenvalue weighted by Crippen LogP contribution is -2.27. The Morgan fingerprint density at radius 3 is 2.36 bits per heavy atom. The maximum atomic E-state index is 13.0. The standard InChI is InChI=1S/C28H23N5O3/c29-23-19-14-18(28(36)33-12-4-5-13-33)9-10-20(19)30-24(23)25-27(35)32-22-15-17(8-11-21(22)31-25)26(34)16-6-2-1-3-7-16/h1-3,6-11,14-15,30H,4-5,12-13,29H2,(H,32,35). The van der Waals surface area contributed by atoms with Gasteiger partial charge in [0.2, 0.25) is 0 Å². The van der Waals surface area contributed by atoms with E-state index in [9.17, 15) is 14.4 Å². The van der Waals surface area contributed by atoms with Gasteiger partial charge in [-0.2, -0.15) is 0 Å². The highest BCUT2D eigenvalue weighted by atomic mass is 16.2. The fourth-order valence-electron chi connectivity index (χ4n) is 4.79. The van der Waals surface area contributed by atoms with Crippen molar-refractivity contribution >= 4 is 39.3 Å².